The fourth-order valence-corrected chi connectivity index (χ4v) is 2.06. The number of ether oxygens (including phenoxy) is 1. The van der Waals surface area contributed by atoms with E-state index < -0.39 is 5.92 Å². The summed E-state index contributed by atoms with van der Waals surface area (Å²) in [5, 5.41) is 14.6. The van der Waals surface area contributed by atoms with E-state index in [1.54, 1.807) is 7.11 Å². The molecule has 21 heavy (non-hydrogen) atoms. The molecule has 6 heteroatoms. The van der Waals surface area contributed by atoms with Crippen LogP contribution < -0.4 is 11.1 Å². The standard InChI is InChI=1S/C15H23N3O3/c1-3-6-12(14(16)18-20)15(19)17-13-8-5-4-7-11(13)9-10-21-2/h4-5,7-8,12,20H,3,6,9-10H2,1-2H3,(H2,16,18)(H,17,19). The summed E-state index contributed by atoms with van der Waals surface area (Å²) in [5.74, 6) is -0.962. The van der Waals surface area contributed by atoms with Gasteiger partial charge in [-0.15, -0.1) is 0 Å². The van der Waals surface area contributed by atoms with Crippen molar-refractivity contribution >= 4 is 17.4 Å². The minimum absolute atomic E-state index is 0.0660. The molecule has 0 saturated carbocycles. The molecule has 0 heterocycles. The quantitative estimate of drug-likeness (QED) is 0.295. The SMILES string of the molecule is CCCC(C(=O)Nc1ccccc1CCOC)/C(N)=N/O. The zero-order valence-corrected chi connectivity index (χ0v) is 12.5. The molecule has 0 aliphatic rings. The molecule has 1 aromatic carbocycles. The first kappa shape index (κ1) is 17.0. The average molecular weight is 293 g/mol. The highest BCUT2D eigenvalue weighted by Gasteiger charge is 2.22. The van der Waals surface area contributed by atoms with Crippen LogP contribution in [0.4, 0.5) is 5.69 Å². The number of para-hydroxylation sites is 1. The Morgan fingerprint density at radius 2 is 2.19 bits per heavy atom. The van der Waals surface area contributed by atoms with Crippen LogP contribution >= 0.6 is 0 Å². The van der Waals surface area contributed by atoms with Gasteiger partial charge in [0, 0.05) is 12.8 Å². The predicted molar refractivity (Wildman–Crippen MR) is 82.5 cm³/mol. The molecular formula is C15H23N3O3. The van der Waals surface area contributed by atoms with Gasteiger partial charge in [0.2, 0.25) is 5.91 Å². The summed E-state index contributed by atoms with van der Waals surface area (Å²) in [6.45, 7) is 2.52. The third kappa shape index (κ3) is 5.07. The highest BCUT2D eigenvalue weighted by molar-refractivity contribution is 6.07. The molecule has 1 aromatic rings. The first-order valence-electron chi connectivity index (χ1n) is 6.99. The highest BCUT2D eigenvalue weighted by atomic mass is 16.5. The Labute approximate surface area is 125 Å². The van der Waals surface area contributed by atoms with Crippen LogP contribution in [0.1, 0.15) is 25.3 Å². The van der Waals surface area contributed by atoms with Crippen LogP contribution in [0.3, 0.4) is 0 Å². The molecule has 0 saturated heterocycles. The van der Waals surface area contributed by atoms with Crippen molar-refractivity contribution in [3.63, 3.8) is 0 Å². The molecule has 4 N–H and O–H groups in total. The number of hydrogen-bond donors (Lipinski definition) is 3. The fourth-order valence-electron chi connectivity index (χ4n) is 2.06. The van der Waals surface area contributed by atoms with Gasteiger partial charge in [-0.1, -0.05) is 36.7 Å². The lowest BCUT2D eigenvalue weighted by atomic mass is 10.0. The monoisotopic (exact) mass is 293 g/mol. The Morgan fingerprint density at radius 1 is 1.48 bits per heavy atom. The molecule has 0 bridgehead atoms. The summed E-state index contributed by atoms with van der Waals surface area (Å²) in [4.78, 5) is 12.3. The van der Waals surface area contributed by atoms with Crippen molar-refractivity contribution in [3.05, 3.63) is 29.8 Å². The Hall–Kier alpha value is -2.08. The van der Waals surface area contributed by atoms with Gasteiger partial charge < -0.3 is 21.0 Å². The summed E-state index contributed by atoms with van der Waals surface area (Å²) in [6, 6.07) is 7.53. The molecule has 0 aliphatic carbocycles. The number of carbonyl (C=O) groups is 1. The second kappa shape index (κ2) is 8.97. The number of nitrogens with one attached hydrogen (secondary N) is 1. The summed E-state index contributed by atoms with van der Waals surface area (Å²) < 4.78 is 5.06. The number of oxime groups is 1. The smallest absolute Gasteiger partial charge is 0.235 e. The van der Waals surface area contributed by atoms with E-state index in [-0.39, 0.29) is 11.7 Å². The van der Waals surface area contributed by atoms with Crippen molar-refractivity contribution in [3.8, 4) is 0 Å². The summed E-state index contributed by atoms with van der Waals surface area (Å²) >= 11 is 0. The van der Waals surface area contributed by atoms with Crippen molar-refractivity contribution in [2.24, 2.45) is 16.8 Å². The summed E-state index contributed by atoms with van der Waals surface area (Å²) in [6.07, 6.45) is 2.00. The molecular weight excluding hydrogens is 270 g/mol. The van der Waals surface area contributed by atoms with E-state index in [4.69, 9.17) is 15.7 Å². The summed E-state index contributed by atoms with van der Waals surface area (Å²) in [5.41, 5.74) is 7.31. The van der Waals surface area contributed by atoms with Crippen molar-refractivity contribution in [1.82, 2.24) is 0 Å². The van der Waals surface area contributed by atoms with E-state index in [2.05, 4.69) is 10.5 Å². The number of benzene rings is 1. The Morgan fingerprint density at radius 3 is 2.81 bits per heavy atom. The first-order chi connectivity index (χ1) is 10.1. The van der Waals surface area contributed by atoms with E-state index in [0.29, 0.717) is 19.4 Å². The van der Waals surface area contributed by atoms with Gasteiger partial charge in [0.1, 0.15) is 0 Å². The van der Waals surface area contributed by atoms with Gasteiger partial charge >= 0.3 is 0 Å². The minimum Gasteiger partial charge on any atom is -0.409 e. The van der Waals surface area contributed by atoms with Crippen molar-refractivity contribution in [2.75, 3.05) is 19.0 Å². The van der Waals surface area contributed by atoms with Crippen LogP contribution in [0.5, 0.6) is 0 Å². The minimum atomic E-state index is -0.629. The highest BCUT2D eigenvalue weighted by Crippen LogP contribution is 2.18. The number of nitrogens with zero attached hydrogens (tertiary/aromatic N) is 1. The van der Waals surface area contributed by atoms with Crippen LogP contribution in [-0.4, -0.2) is 30.7 Å². The lowest BCUT2D eigenvalue weighted by Crippen LogP contribution is -2.34. The second-order valence-electron chi connectivity index (χ2n) is 4.76. The maximum atomic E-state index is 12.3. The molecule has 1 amide bonds. The molecule has 0 spiro atoms. The van der Waals surface area contributed by atoms with Crippen molar-refractivity contribution in [2.45, 2.75) is 26.2 Å². The van der Waals surface area contributed by atoms with Gasteiger partial charge in [0.15, 0.2) is 5.84 Å². The van der Waals surface area contributed by atoms with Crippen LogP contribution in [0, 0.1) is 5.92 Å². The third-order valence-corrected chi connectivity index (χ3v) is 3.22. The molecule has 0 aromatic heterocycles. The third-order valence-electron chi connectivity index (χ3n) is 3.22. The zero-order valence-electron chi connectivity index (χ0n) is 12.5. The molecule has 1 unspecified atom stereocenters. The van der Waals surface area contributed by atoms with E-state index in [9.17, 15) is 4.79 Å². The molecule has 6 nitrogen and oxygen atoms in total. The van der Waals surface area contributed by atoms with Gasteiger partial charge in [0.25, 0.3) is 0 Å². The Balaban J connectivity index is 2.85. The Bertz CT molecular complexity index is 489. The number of carbonyl (C=O) groups excluding carboxylic acids is 1. The maximum absolute atomic E-state index is 12.3. The van der Waals surface area contributed by atoms with Crippen molar-refractivity contribution in [1.29, 1.82) is 0 Å². The van der Waals surface area contributed by atoms with E-state index >= 15 is 0 Å². The predicted octanol–water partition coefficient (Wildman–Crippen LogP) is 1.98. The molecule has 1 rings (SSSR count). The number of methoxy groups -OCH3 is 1. The number of anilines is 1. The average Bonchev–Trinajstić information content (AvgIpc) is 2.50. The van der Waals surface area contributed by atoms with Crippen LogP contribution in [0.15, 0.2) is 29.4 Å². The number of amidine groups is 1. The fraction of sp³-hybridized carbons (Fsp3) is 0.467. The maximum Gasteiger partial charge on any atom is 0.235 e. The van der Waals surface area contributed by atoms with E-state index in [1.807, 2.05) is 31.2 Å². The van der Waals surface area contributed by atoms with Crippen LogP contribution in [0.2, 0.25) is 0 Å². The molecule has 1 atom stereocenters. The lowest BCUT2D eigenvalue weighted by Gasteiger charge is -2.16. The van der Waals surface area contributed by atoms with Gasteiger partial charge in [-0.3, -0.25) is 4.79 Å². The van der Waals surface area contributed by atoms with Crippen LogP contribution in [-0.2, 0) is 16.0 Å². The molecule has 116 valence electrons. The van der Waals surface area contributed by atoms with E-state index in [1.165, 1.54) is 0 Å². The number of rotatable bonds is 8. The number of amides is 1. The topological polar surface area (TPSA) is 96.9 Å². The molecule has 0 aliphatic heterocycles. The van der Waals surface area contributed by atoms with E-state index in [0.717, 1.165) is 17.7 Å². The van der Waals surface area contributed by atoms with Gasteiger partial charge in [-0.05, 0) is 24.5 Å². The van der Waals surface area contributed by atoms with Gasteiger partial charge in [0.05, 0.1) is 12.5 Å². The Kier molecular flexibility index (Phi) is 7.25. The van der Waals surface area contributed by atoms with Crippen LogP contribution in [0.25, 0.3) is 0 Å². The normalized spacial score (nSPS) is 13.0. The summed E-state index contributed by atoms with van der Waals surface area (Å²) in [7, 11) is 1.64. The number of nitrogens with two attached hydrogens (primary N) is 1. The first-order valence-corrected chi connectivity index (χ1v) is 6.99. The van der Waals surface area contributed by atoms with Crippen molar-refractivity contribution < 1.29 is 14.7 Å². The zero-order chi connectivity index (χ0) is 15.7. The van der Waals surface area contributed by atoms with Gasteiger partial charge in [-0.25, -0.2) is 0 Å². The number of hydrogen-bond acceptors (Lipinski definition) is 4. The molecule has 0 radical (unpaired) electrons. The van der Waals surface area contributed by atoms with Gasteiger partial charge in [-0.2, -0.15) is 0 Å². The molecule has 0 fully saturated rings. The largest absolute Gasteiger partial charge is 0.409 e. The lowest BCUT2D eigenvalue weighted by molar-refractivity contribution is -0.118. The second-order valence-corrected chi connectivity index (χ2v) is 4.76.